The second kappa shape index (κ2) is 9.58. The van der Waals surface area contributed by atoms with Gasteiger partial charge in [-0.25, -0.2) is 0 Å². The maximum absolute atomic E-state index is 12.7. The molecule has 0 unspecified atom stereocenters. The smallest absolute Gasteiger partial charge is 0.273 e. The Bertz CT molecular complexity index is 1190. The molecule has 8 nitrogen and oxygen atoms in total. The van der Waals surface area contributed by atoms with E-state index in [0.717, 1.165) is 31.9 Å². The molecule has 0 aromatic carbocycles. The van der Waals surface area contributed by atoms with Gasteiger partial charge in [0, 0.05) is 38.1 Å². The van der Waals surface area contributed by atoms with E-state index < -0.39 is 0 Å². The lowest BCUT2D eigenvalue weighted by molar-refractivity contribution is 0.300. The number of anilines is 1. The Kier molecular flexibility index (Phi) is 6.62. The van der Waals surface area contributed by atoms with Gasteiger partial charge in [-0.3, -0.25) is 19.1 Å². The summed E-state index contributed by atoms with van der Waals surface area (Å²) >= 11 is 5.83. The summed E-state index contributed by atoms with van der Waals surface area (Å²) in [6.45, 7) is 3.04. The van der Waals surface area contributed by atoms with E-state index in [1.165, 1.54) is 10.6 Å². The number of rotatable bonds is 7. The van der Waals surface area contributed by atoms with E-state index >= 15 is 0 Å². The van der Waals surface area contributed by atoms with E-state index in [2.05, 4.69) is 33.9 Å². The van der Waals surface area contributed by atoms with Crippen molar-refractivity contribution in [3.63, 3.8) is 0 Å². The molecular formula is C23H26ClN5O3. The SMILES string of the molecule is CN(C)C[C@H]1CCN(c2ccc(-n3ccc(OCc4ccc(Cl)cn4)cc3=O)c(=O)[nH]2)C1. The van der Waals surface area contributed by atoms with Crippen LogP contribution >= 0.6 is 11.6 Å². The largest absolute Gasteiger partial charge is 0.487 e. The number of aromatic amines is 1. The van der Waals surface area contributed by atoms with Gasteiger partial charge in [0.25, 0.3) is 11.1 Å². The lowest BCUT2D eigenvalue weighted by Crippen LogP contribution is -2.29. The lowest BCUT2D eigenvalue weighted by atomic mass is 10.1. The van der Waals surface area contributed by atoms with E-state index in [4.69, 9.17) is 16.3 Å². The summed E-state index contributed by atoms with van der Waals surface area (Å²) in [6, 6.07) is 10.0. The number of nitrogens with zero attached hydrogens (tertiary/aromatic N) is 4. The predicted molar refractivity (Wildman–Crippen MR) is 125 cm³/mol. The first-order valence-corrected chi connectivity index (χ1v) is 10.9. The van der Waals surface area contributed by atoms with Crippen molar-refractivity contribution in [3.8, 4) is 11.4 Å². The molecule has 1 atom stereocenters. The maximum Gasteiger partial charge on any atom is 0.273 e. The zero-order valence-electron chi connectivity index (χ0n) is 18.1. The highest BCUT2D eigenvalue weighted by Crippen LogP contribution is 2.22. The molecule has 0 radical (unpaired) electrons. The number of nitrogens with one attached hydrogen (secondary N) is 1. The van der Waals surface area contributed by atoms with Gasteiger partial charge in [0.1, 0.15) is 23.9 Å². The first-order chi connectivity index (χ1) is 15.4. The molecule has 3 aromatic heterocycles. The molecule has 1 aliphatic rings. The Labute approximate surface area is 191 Å². The second-order valence-electron chi connectivity index (χ2n) is 8.25. The third-order valence-electron chi connectivity index (χ3n) is 5.45. The molecule has 3 aromatic rings. The number of pyridine rings is 3. The maximum atomic E-state index is 12.7. The van der Waals surface area contributed by atoms with Crippen LogP contribution in [0, 0.1) is 5.92 Å². The van der Waals surface area contributed by atoms with Gasteiger partial charge in [0.15, 0.2) is 0 Å². The monoisotopic (exact) mass is 455 g/mol. The number of halogens is 1. The van der Waals surface area contributed by atoms with E-state index in [1.54, 1.807) is 36.7 Å². The molecule has 32 heavy (non-hydrogen) atoms. The van der Waals surface area contributed by atoms with Gasteiger partial charge in [0.05, 0.1) is 10.7 Å². The highest BCUT2D eigenvalue weighted by Gasteiger charge is 2.24. The molecule has 0 aliphatic carbocycles. The lowest BCUT2D eigenvalue weighted by Gasteiger charge is -2.20. The van der Waals surface area contributed by atoms with Crippen LogP contribution in [0.4, 0.5) is 5.82 Å². The van der Waals surface area contributed by atoms with E-state index in [1.807, 2.05) is 6.07 Å². The Morgan fingerprint density at radius 1 is 1.22 bits per heavy atom. The fourth-order valence-corrected chi connectivity index (χ4v) is 4.06. The molecule has 4 heterocycles. The molecule has 1 N–H and O–H groups in total. The topological polar surface area (TPSA) is 83.5 Å². The normalized spacial score (nSPS) is 16.0. The van der Waals surface area contributed by atoms with Crippen LogP contribution < -0.4 is 20.8 Å². The van der Waals surface area contributed by atoms with Crippen LogP contribution in [0.5, 0.6) is 5.75 Å². The van der Waals surface area contributed by atoms with Crippen molar-refractivity contribution in [3.05, 3.63) is 80.2 Å². The highest BCUT2D eigenvalue weighted by molar-refractivity contribution is 6.30. The zero-order valence-corrected chi connectivity index (χ0v) is 18.9. The molecular weight excluding hydrogens is 430 g/mol. The average molecular weight is 456 g/mol. The number of H-pyrrole nitrogens is 1. The summed E-state index contributed by atoms with van der Waals surface area (Å²) in [4.78, 5) is 36.8. The first kappa shape index (κ1) is 22.1. The molecule has 1 saturated heterocycles. The van der Waals surface area contributed by atoms with Gasteiger partial charge in [-0.05, 0) is 56.8 Å². The van der Waals surface area contributed by atoms with E-state index in [0.29, 0.717) is 22.4 Å². The van der Waals surface area contributed by atoms with Crippen LogP contribution in [0.1, 0.15) is 12.1 Å². The average Bonchev–Trinajstić information content (AvgIpc) is 3.21. The summed E-state index contributed by atoms with van der Waals surface area (Å²) in [5.41, 5.74) is 0.311. The quantitative estimate of drug-likeness (QED) is 0.589. The van der Waals surface area contributed by atoms with Crippen LogP contribution in [0.15, 0.2) is 58.4 Å². The van der Waals surface area contributed by atoms with E-state index in [9.17, 15) is 9.59 Å². The number of hydrogen-bond acceptors (Lipinski definition) is 6. The Morgan fingerprint density at radius 3 is 2.75 bits per heavy atom. The van der Waals surface area contributed by atoms with Crippen molar-refractivity contribution in [2.24, 2.45) is 5.92 Å². The highest BCUT2D eigenvalue weighted by atomic mass is 35.5. The Hall–Kier alpha value is -3.10. The van der Waals surface area contributed by atoms with Crippen LogP contribution in [-0.2, 0) is 6.61 Å². The summed E-state index contributed by atoms with van der Waals surface area (Å²) in [5, 5.41) is 0.547. The molecule has 0 saturated carbocycles. The van der Waals surface area contributed by atoms with Crippen molar-refractivity contribution in [2.45, 2.75) is 13.0 Å². The van der Waals surface area contributed by atoms with E-state index in [-0.39, 0.29) is 23.4 Å². The number of hydrogen-bond donors (Lipinski definition) is 1. The van der Waals surface area contributed by atoms with Crippen molar-refractivity contribution in [1.29, 1.82) is 0 Å². The first-order valence-electron chi connectivity index (χ1n) is 10.5. The summed E-state index contributed by atoms with van der Waals surface area (Å²) in [7, 11) is 4.14. The standard InChI is InChI=1S/C23H26ClN5O3/c1-27(2)13-16-7-9-28(14-16)21-6-5-20(23(31)26-21)29-10-8-19(11-22(29)30)32-15-18-4-3-17(24)12-25-18/h3-6,8,10-12,16H,7,9,13-15H2,1-2H3,(H,26,31)/t16-/m1/s1. The molecule has 1 aliphatic heterocycles. The molecule has 9 heteroatoms. The number of aromatic nitrogens is 3. The Balaban J connectivity index is 1.46. The van der Waals surface area contributed by atoms with Gasteiger partial charge < -0.3 is 19.5 Å². The third kappa shape index (κ3) is 5.20. The van der Waals surface area contributed by atoms with Crippen LogP contribution in [0.2, 0.25) is 5.02 Å². The minimum absolute atomic E-state index is 0.209. The predicted octanol–water partition coefficient (Wildman–Crippen LogP) is 2.54. The van der Waals surface area contributed by atoms with Crippen molar-refractivity contribution >= 4 is 17.4 Å². The van der Waals surface area contributed by atoms with Crippen molar-refractivity contribution < 1.29 is 4.74 Å². The molecule has 168 valence electrons. The number of ether oxygens (including phenoxy) is 1. The summed E-state index contributed by atoms with van der Waals surface area (Å²) in [6.07, 6.45) is 4.17. The summed E-state index contributed by atoms with van der Waals surface area (Å²) in [5.74, 6) is 1.76. The zero-order chi connectivity index (χ0) is 22.7. The molecule has 0 spiro atoms. The van der Waals surface area contributed by atoms with Crippen molar-refractivity contribution in [1.82, 2.24) is 19.4 Å². The van der Waals surface area contributed by atoms with Gasteiger partial charge in [-0.1, -0.05) is 11.6 Å². The van der Waals surface area contributed by atoms with Gasteiger partial charge in [0.2, 0.25) is 0 Å². The fraction of sp³-hybridized carbons (Fsp3) is 0.348. The van der Waals surface area contributed by atoms with Gasteiger partial charge in [-0.15, -0.1) is 0 Å². The minimum atomic E-state index is -0.350. The Morgan fingerprint density at radius 2 is 2.06 bits per heavy atom. The summed E-state index contributed by atoms with van der Waals surface area (Å²) < 4.78 is 6.96. The van der Waals surface area contributed by atoms with Crippen molar-refractivity contribution in [2.75, 3.05) is 38.6 Å². The molecule has 1 fully saturated rings. The molecule has 4 rings (SSSR count). The second-order valence-corrected chi connectivity index (χ2v) is 8.68. The van der Waals surface area contributed by atoms with Gasteiger partial charge in [-0.2, -0.15) is 0 Å². The minimum Gasteiger partial charge on any atom is -0.487 e. The molecule has 0 bridgehead atoms. The fourth-order valence-electron chi connectivity index (χ4n) is 3.95. The van der Waals surface area contributed by atoms with Crippen LogP contribution in [-0.4, -0.2) is 53.2 Å². The molecule has 0 amide bonds. The van der Waals surface area contributed by atoms with Gasteiger partial charge >= 0.3 is 0 Å². The van der Waals surface area contributed by atoms with Crippen LogP contribution in [0.3, 0.4) is 0 Å². The third-order valence-corrected chi connectivity index (χ3v) is 5.67. The van der Waals surface area contributed by atoms with Crippen LogP contribution in [0.25, 0.3) is 5.69 Å².